The molecule has 2 amide bonds. The third-order valence-corrected chi connectivity index (χ3v) is 9.23. The standard InChI is InChI=1S/C32H39ClN4O8S/c1-7-27(32(39)34-18-21(2)3)35(19-23-9-12-25(44-5)13-10-23)31(38)20-36(29-16-24(33)11-15-30(29)45-6)46(42,43)26-14-8-22(4)28(17-26)37(40)41/h8-17,21,27H,7,18-20H2,1-6H3,(H,34,39). The quantitative estimate of drug-likeness (QED) is 0.168. The van der Waals surface area contributed by atoms with E-state index in [9.17, 15) is 28.1 Å². The normalized spacial score (nSPS) is 11.9. The maximum Gasteiger partial charge on any atom is 0.273 e. The summed E-state index contributed by atoms with van der Waals surface area (Å²) >= 11 is 6.28. The fourth-order valence-electron chi connectivity index (χ4n) is 4.71. The molecule has 0 heterocycles. The molecule has 1 atom stereocenters. The summed E-state index contributed by atoms with van der Waals surface area (Å²) < 4.78 is 40.0. The van der Waals surface area contributed by atoms with Gasteiger partial charge in [0.05, 0.1) is 29.7 Å². The molecule has 0 spiro atoms. The van der Waals surface area contributed by atoms with Crippen LogP contribution in [0.15, 0.2) is 65.6 Å². The van der Waals surface area contributed by atoms with Gasteiger partial charge in [-0.05, 0) is 61.2 Å². The zero-order chi connectivity index (χ0) is 34.2. The van der Waals surface area contributed by atoms with E-state index in [2.05, 4.69) is 5.32 Å². The van der Waals surface area contributed by atoms with Gasteiger partial charge in [-0.15, -0.1) is 0 Å². The monoisotopic (exact) mass is 674 g/mol. The molecule has 3 aromatic rings. The number of halogens is 1. The number of methoxy groups -OCH3 is 2. The van der Waals surface area contributed by atoms with Gasteiger partial charge in [0.1, 0.15) is 24.1 Å². The smallest absolute Gasteiger partial charge is 0.273 e. The number of hydrogen-bond acceptors (Lipinski definition) is 8. The van der Waals surface area contributed by atoms with Crippen LogP contribution in [0.5, 0.6) is 11.5 Å². The van der Waals surface area contributed by atoms with E-state index in [0.29, 0.717) is 17.9 Å². The number of ether oxygens (including phenoxy) is 2. The number of carbonyl (C=O) groups is 2. The molecule has 1 N–H and O–H groups in total. The SMILES string of the molecule is CCC(C(=O)NCC(C)C)N(Cc1ccc(OC)cc1)C(=O)CN(c1cc(Cl)ccc1OC)S(=O)(=O)c1ccc(C)c([N+](=O)[O-])c1. The molecule has 1 unspecified atom stereocenters. The van der Waals surface area contributed by atoms with Crippen molar-refractivity contribution >= 4 is 44.8 Å². The van der Waals surface area contributed by atoms with Crippen LogP contribution in [0.4, 0.5) is 11.4 Å². The minimum absolute atomic E-state index is 0.0208. The molecule has 14 heteroatoms. The van der Waals surface area contributed by atoms with Gasteiger partial charge in [-0.25, -0.2) is 8.42 Å². The molecule has 0 bridgehead atoms. The summed E-state index contributed by atoms with van der Waals surface area (Å²) in [5, 5.41) is 14.7. The summed E-state index contributed by atoms with van der Waals surface area (Å²) in [5.41, 5.74) is 0.469. The van der Waals surface area contributed by atoms with E-state index in [1.165, 1.54) is 56.4 Å². The Morgan fingerprint density at radius 1 is 1.02 bits per heavy atom. The lowest BCUT2D eigenvalue weighted by molar-refractivity contribution is -0.385. The number of aryl methyl sites for hydroxylation is 1. The van der Waals surface area contributed by atoms with Crippen molar-refractivity contribution < 1.29 is 32.4 Å². The van der Waals surface area contributed by atoms with Crippen LogP contribution in [0.1, 0.15) is 38.3 Å². The first kappa shape index (κ1) is 36.1. The maximum atomic E-state index is 14.3. The van der Waals surface area contributed by atoms with Crippen molar-refractivity contribution in [2.24, 2.45) is 5.92 Å². The lowest BCUT2D eigenvalue weighted by Gasteiger charge is -2.33. The van der Waals surface area contributed by atoms with E-state index in [4.69, 9.17) is 21.1 Å². The van der Waals surface area contributed by atoms with E-state index in [1.807, 2.05) is 13.8 Å². The van der Waals surface area contributed by atoms with Gasteiger partial charge in [-0.3, -0.25) is 24.0 Å². The highest BCUT2D eigenvalue weighted by Crippen LogP contribution is 2.36. The van der Waals surface area contributed by atoms with Crippen LogP contribution in [-0.2, 0) is 26.2 Å². The first-order valence-electron chi connectivity index (χ1n) is 14.5. The molecule has 0 aromatic heterocycles. The van der Waals surface area contributed by atoms with Gasteiger partial charge in [0, 0.05) is 29.7 Å². The number of amides is 2. The summed E-state index contributed by atoms with van der Waals surface area (Å²) in [7, 11) is -1.78. The molecule has 3 aromatic carbocycles. The van der Waals surface area contributed by atoms with Crippen molar-refractivity contribution in [1.29, 1.82) is 0 Å². The second kappa shape index (κ2) is 15.8. The Balaban J connectivity index is 2.17. The van der Waals surface area contributed by atoms with Crippen molar-refractivity contribution in [3.8, 4) is 11.5 Å². The number of rotatable bonds is 15. The Labute approximate surface area is 274 Å². The number of nitro groups is 1. The Morgan fingerprint density at radius 2 is 1.70 bits per heavy atom. The number of nitro benzene ring substituents is 1. The van der Waals surface area contributed by atoms with Crippen LogP contribution in [0.3, 0.4) is 0 Å². The van der Waals surface area contributed by atoms with Gasteiger partial charge in [0.15, 0.2) is 0 Å². The molecule has 0 radical (unpaired) electrons. The Morgan fingerprint density at radius 3 is 2.26 bits per heavy atom. The molecular weight excluding hydrogens is 636 g/mol. The van der Waals surface area contributed by atoms with Crippen LogP contribution in [-0.4, -0.2) is 63.4 Å². The molecule has 0 aliphatic rings. The predicted molar refractivity (Wildman–Crippen MR) is 176 cm³/mol. The zero-order valence-corrected chi connectivity index (χ0v) is 28.2. The van der Waals surface area contributed by atoms with Crippen molar-refractivity contribution in [1.82, 2.24) is 10.2 Å². The van der Waals surface area contributed by atoms with E-state index >= 15 is 0 Å². The number of nitrogens with zero attached hydrogens (tertiary/aromatic N) is 3. The fraction of sp³-hybridized carbons (Fsp3) is 0.375. The predicted octanol–water partition coefficient (Wildman–Crippen LogP) is 5.35. The van der Waals surface area contributed by atoms with Gasteiger partial charge in [-0.1, -0.05) is 50.6 Å². The van der Waals surface area contributed by atoms with Crippen molar-refractivity contribution in [2.75, 3.05) is 31.6 Å². The Kier molecular flexibility index (Phi) is 12.4. The first-order valence-corrected chi connectivity index (χ1v) is 16.4. The van der Waals surface area contributed by atoms with E-state index in [1.54, 1.807) is 31.2 Å². The van der Waals surface area contributed by atoms with Crippen molar-refractivity contribution in [3.05, 3.63) is 86.9 Å². The molecule has 0 saturated heterocycles. The number of hydrogen-bond donors (Lipinski definition) is 1. The lowest BCUT2D eigenvalue weighted by atomic mass is 10.1. The van der Waals surface area contributed by atoms with Gasteiger partial charge in [0.25, 0.3) is 15.7 Å². The minimum atomic E-state index is -4.64. The number of nitrogens with one attached hydrogen (secondary N) is 1. The third-order valence-electron chi connectivity index (χ3n) is 7.24. The third kappa shape index (κ3) is 8.67. The van der Waals surface area contributed by atoms with Crippen LogP contribution >= 0.6 is 11.6 Å². The molecule has 3 rings (SSSR count). The van der Waals surface area contributed by atoms with Crippen LogP contribution in [0.25, 0.3) is 0 Å². The highest BCUT2D eigenvalue weighted by atomic mass is 35.5. The molecular formula is C32H39ClN4O8S. The molecule has 0 aliphatic heterocycles. The summed E-state index contributed by atoms with van der Waals surface area (Å²) in [6, 6.07) is 13.8. The van der Waals surface area contributed by atoms with Crippen LogP contribution < -0.4 is 19.1 Å². The number of sulfonamides is 1. The summed E-state index contributed by atoms with van der Waals surface area (Å²) in [6.07, 6.45) is 0.239. The average Bonchev–Trinajstić information content (AvgIpc) is 3.02. The number of benzene rings is 3. The van der Waals surface area contributed by atoms with Gasteiger partial charge >= 0.3 is 0 Å². The Hall–Kier alpha value is -4.36. The van der Waals surface area contributed by atoms with Crippen LogP contribution in [0, 0.1) is 23.0 Å². The summed E-state index contributed by atoms with van der Waals surface area (Å²) in [5.74, 6) is -0.245. The highest BCUT2D eigenvalue weighted by Gasteiger charge is 2.35. The molecule has 0 saturated carbocycles. The number of carbonyl (C=O) groups excluding carboxylic acids is 2. The van der Waals surface area contributed by atoms with Gasteiger partial charge < -0.3 is 19.7 Å². The molecule has 46 heavy (non-hydrogen) atoms. The second-order valence-electron chi connectivity index (χ2n) is 11.0. The summed E-state index contributed by atoms with van der Waals surface area (Å²) in [6.45, 7) is 6.72. The first-order chi connectivity index (χ1) is 21.7. The number of anilines is 1. The van der Waals surface area contributed by atoms with Crippen molar-refractivity contribution in [3.63, 3.8) is 0 Å². The van der Waals surface area contributed by atoms with Crippen molar-refractivity contribution in [2.45, 2.75) is 51.6 Å². The van der Waals surface area contributed by atoms with Crippen LogP contribution in [0.2, 0.25) is 5.02 Å². The molecule has 0 aliphatic carbocycles. The summed E-state index contributed by atoms with van der Waals surface area (Å²) in [4.78, 5) is 39.7. The lowest BCUT2D eigenvalue weighted by Crippen LogP contribution is -2.52. The molecule has 248 valence electrons. The second-order valence-corrected chi connectivity index (χ2v) is 13.3. The largest absolute Gasteiger partial charge is 0.497 e. The van der Waals surface area contributed by atoms with E-state index < -0.39 is 44.0 Å². The van der Waals surface area contributed by atoms with E-state index in [-0.39, 0.29) is 46.8 Å². The Bertz CT molecular complexity index is 1670. The molecule has 0 fully saturated rings. The zero-order valence-electron chi connectivity index (χ0n) is 26.7. The molecule has 12 nitrogen and oxygen atoms in total. The minimum Gasteiger partial charge on any atom is -0.497 e. The van der Waals surface area contributed by atoms with Gasteiger partial charge in [-0.2, -0.15) is 0 Å². The fourth-order valence-corrected chi connectivity index (χ4v) is 6.32. The van der Waals surface area contributed by atoms with Gasteiger partial charge in [0.2, 0.25) is 11.8 Å². The average molecular weight is 675 g/mol. The maximum absolute atomic E-state index is 14.3. The van der Waals surface area contributed by atoms with E-state index in [0.717, 1.165) is 10.4 Å². The highest BCUT2D eigenvalue weighted by molar-refractivity contribution is 7.92. The topological polar surface area (TPSA) is 148 Å².